The molecule has 0 saturated carbocycles. The van der Waals surface area contributed by atoms with Crippen LogP contribution in [0.15, 0.2) is 18.2 Å². The van der Waals surface area contributed by atoms with Crippen molar-refractivity contribution in [3.05, 3.63) is 28.8 Å². The first-order valence-electron chi connectivity index (χ1n) is 5.67. The van der Waals surface area contributed by atoms with Crippen molar-refractivity contribution < 1.29 is 9.47 Å². The summed E-state index contributed by atoms with van der Waals surface area (Å²) in [5.41, 5.74) is 1.94. The zero-order valence-corrected chi connectivity index (χ0v) is 10.6. The Balaban J connectivity index is 2.04. The molecule has 0 atom stereocenters. The van der Waals surface area contributed by atoms with Gasteiger partial charge in [0.15, 0.2) is 0 Å². The molecule has 0 fully saturated rings. The van der Waals surface area contributed by atoms with Crippen LogP contribution >= 0.6 is 11.6 Å². The van der Waals surface area contributed by atoms with Crippen molar-refractivity contribution in [2.45, 2.75) is 6.42 Å². The number of hydrogen-bond acceptors (Lipinski definition) is 3. The summed E-state index contributed by atoms with van der Waals surface area (Å²) in [6, 6.07) is 3.87. The van der Waals surface area contributed by atoms with Crippen LogP contribution in [0.1, 0.15) is 12.0 Å². The number of halogens is 1. The fraction of sp³-hybridized carbons (Fsp3) is 0.385. The van der Waals surface area contributed by atoms with E-state index < -0.39 is 0 Å². The summed E-state index contributed by atoms with van der Waals surface area (Å²) in [6.45, 7) is 2.20. The Labute approximate surface area is 106 Å². The van der Waals surface area contributed by atoms with Crippen molar-refractivity contribution in [3.63, 3.8) is 0 Å². The molecule has 0 unspecified atom stereocenters. The van der Waals surface area contributed by atoms with Crippen LogP contribution in [-0.2, 0) is 4.74 Å². The predicted octanol–water partition coefficient (Wildman–Crippen LogP) is 3.19. The van der Waals surface area contributed by atoms with Gasteiger partial charge < -0.3 is 14.8 Å². The van der Waals surface area contributed by atoms with Gasteiger partial charge in [-0.25, -0.2) is 0 Å². The highest BCUT2D eigenvalue weighted by atomic mass is 35.5. The Bertz CT molecular complexity index is 418. The summed E-state index contributed by atoms with van der Waals surface area (Å²) in [5, 5.41) is 4.00. The Morgan fingerprint density at radius 3 is 3.18 bits per heavy atom. The second-order valence-corrected chi connectivity index (χ2v) is 4.26. The molecule has 0 amide bonds. The zero-order valence-electron chi connectivity index (χ0n) is 9.83. The van der Waals surface area contributed by atoms with Gasteiger partial charge >= 0.3 is 0 Å². The van der Waals surface area contributed by atoms with E-state index in [0.29, 0.717) is 6.61 Å². The summed E-state index contributed by atoms with van der Waals surface area (Å²) in [7, 11) is 1.70. The molecule has 0 saturated heterocycles. The number of anilines is 1. The normalized spacial score (nSPS) is 13.1. The van der Waals surface area contributed by atoms with Crippen LogP contribution < -0.4 is 10.1 Å². The summed E-state index contributed by atoms with van der Waals surface area (Å²) < 4.78 is 10.5. The number of methoxy groups -OCH3 is 1. The van der Waals surface area contributed by atoms with Crippen molar-refractivity contribution >= 4 is 23.4 Å². The summed E-state index contributed by atoms with van der Waals surface area (Å²) in [4.78, 5) is 0. The first kappa shape index (κ1) is 12.3. The van der Waals surface area contributed by atoms with E-state index in [4.69, 9.17) is 21.1 Å². The van der Waals surface area contributed by atoms with Crippen molar-refractivity contribution in [1.82, 2.24) is 0 Å². The average Bonchev–Trinajstić information content (AvgIpc) is 2.35. The first-order valence-corrected chi connectivity index (χ1v) is 6.05. The van der Waals surface area contributed by atoms with Crippen LogP contribution in [0.4, 0.5) is 5.69 Å². The van der Waals surface area contributed by atoms with Crippen molar-refractivity contribution in [2.75, 3.05) is 32.2 Å². The van der Waals surface area contributed by atoms with Gasteiger partial charge in [-0.15, -0.1) is 0 Å². The van der Waals surface area contributed by atoms with Gasteiger partial charge in [0.2, 0.25) is 0 Å². The van der Waals surface area contributed by atoms with Gasteiger partial charge in [-0.05, 0) is 18.6 Å². The van der Waals surface area contributed by atoms with Crippen LogP contribution in [0.2, 0.25) is 5.02 Å². The molecule has 0 aromatic heterocycles. The Hall–Kier alpha value is -1.19. The van der Waals surface area contributed by atoms with E-state index in [1.807, 2.05) is 24.3 Å². The molecule has 0 radical (unpaired) electrons. The number of ether oxygens (including phenoxy) is 2. The van der Waals surface area contributed by atoms with E-state index in [2.05, 4.69) is 5.32 Å². The smallest absolute Gasteiger partial charge is 0.129 e. The van der Waals surface area contributed by atoms with Crippen LogP contribution in [0.25, 0.3) is 6.08 Å². The Kier molecular flexibility index (Phi) is 4.29. The molecular formula is C13H16ClNO2. The fourth-order valence-corrected chi connectivity index (χ4v) is 1.95. The number of nitrogens with one attached hydrogen (secondary N) is 1. The lowest BCUT2D eigenvalue weighted by Crippen LogP contribution is -2.06. The molecule has 0 spiro atoms. The third-order valence-electron chi connectivity index (χ3n) is 2.57. The van der Waals surface area contributed by atoms with E-state index >= 15 is 0 Å². The van der Waals surface area contributed by atoms with E-state index in [0.717, 1.165) is 41.6 Å². The van der Waals surface area contributed by atoms with E-state index in [1.165, 1.54) is 0 Å². The minimum absolute atomic E-state index is 0.623. The standard InChI is InChI=1S/C13H16ClNO2/c1-16-6-3-5-15-12-9-13-10(8-11(12)14)4-2-7-17-13/h2,4,8-9,15H,3,5-7H2,1H3. The lowest BCUT2D eigenvalue weighted by Gasteiger charge is -2.16. The Morgan fingerprint density at radius 1 is 1.47 bits per heavy atom. The fourth-order valence-electron chi connectivity index (χ4n) is 1.71. The Morgan fingerprint density at radius 2 is 2.35 bits per heavy atom. The molecule has 1 aliphatic rings. The number of fused-ring (bicyclic) bond motifs is 1. The van der Waals surface area contributed by atoms with Crippen molar-refractivity contribution in [3.8, 4) is 5.75 Å². The van der Waals surface area contributed by atoms with E-state index in [1.54, 1.807) is 7.11 Å². The second-order valence-electron chi connectivity index (χ2n) is 3.86. The highest BCUT2D eigenvalue weighted by Crippen LogP contribution is 2.33. The van der Waals surface area contributed by atoms with Crippen LogP contribution in [0.3, 0.4) is 0 Å². The minimum atomic E-state index is 0.623. The molecule has 1 aromatic carbocycles. The molecular weight excluding hydrogens is 238 g/mol. The molecule has 1 aromatic rings. The van der Waals surface area contributed by atoms with E-state index in [-0.39, 0.29) is 0 Å². The van der Waals surface area contributed by atoms with Gasteiger partial charge in [-0.2, -0.15) is 0 Å². The van der Waals surface area contributed by atoms with Gasteiger partial charge in [0.1, 0.15) is 12.4 Å². The number of hydrogen-bond donors (Lipinski definition) is 1. The average molecular weight is 254 g/mol. The first-order chi connectivity index (χ1) is 8.31. The minimum Gasteiger partial charge on any atom is -0.489 e. The SMILES string of the molecule is COCCCNc1cc2c(cc1Cl)C=CCO2. The summed E-state index contributed by atoms with van der Waals surface area (Å²) in [5.74, 6) is 0.881. The molecule has 1 aliphatic heterocycles. The lowest BCUT2D eigenvalue weighted by molar-refractivity contribution is 0.198. The molecule has 92 valence electrons. The van der Waals surface area contributed by atoms with Gasteiger partial charge in [0, 0.05) is 31.9 Å². The molecule has 17 heavy (non-hydrogen) atoms. The van der Waals surface area contributed by atoms with Crippen LogP contribution in [0.5, 0.6) is 5.75 Å². The van der Waals surface area contributed by atoms with Crippen LogP contribution in [0, 0.1) is 0 Å². The third-order valence-corrected chi connectivity index (χ3v) is 2.89. The molecule has 1 heterocycles. The number of benzene rings is 1. The number of rotatable bonds is 5. The molecule has 0 bridgehead atoms. The quantitative estimate of drug-likeness (QED) is 0.818. The van der Waals surface area contributed by atoms with Crippen LogP contribution in [-0.4, -0.2) is 26.9 Å². The highest BCUT2D eigenvalue weighted by Gasteiger charge is 2.10. The van der Waals surface area contributed by atoms with Gasteiger partial charge in [0.05, 0.1) is 10.7 Å². The maximum atomic E-state index is 6.19. The van der Waals surface area contributed by atoms with Gasteiger partial charge in [-0.1, -0.05) is 17.7 Å². The summed E-state index contributed by atoms with van der Waals surface area (Å²) >= 11 is 6.19. The molecule has 3 nitrogen and oxygen atoms in total. The monoisotopic (exact) mass is 253 g/mol. The van der Waals surface area contributed by atoms with Crippen molar-refractivity contribution in [1.29, 1.82) is 0 Å². The maximum absolute atomic E-state index is 6.19. The lowest BCUT2D eigenvalue weighted by atomic mass is 10.1. The molecule has 2 rings (SSSR count). The predicted molar refractivity (Wildman–Crippen MR) is 71.0 cm³/mol. The topological polar surface area (TPSA) is 30.5 Å². The molecule has 4 heteroatoms. The maximum Gasteiger partial charge on any atom is 0.129 e. The van der Waals surface area contributed by atoms with Gasteiger partial charge in [-0.3, -0.25) is 0 Å². The molecule has 0 aliphatic carbocycles. The third kappa shape index (κ3) is 3.14. The van der Waals surface area contributed by atoms with Gasteiger partial charge in [0.25, 0.3) is 0 Å². The molecule has 1 N–H and O–H groups in total. The second kappa shape index (κ2) is 5.94. The zero-order chi connectivity index (χ0) is 12.1. The highest BCUT2D eigenvalue weighted by molar-refractivity contribution is 6.33. The summed E-state index contributed by atoms with van der Waals surface area (Å²) in [6.07, 6.45) is 4.95. The largest absolute Gasteiger partial charge is 0.489 e. The van der Waals surface area contributed by atoms with Crippen molar-refractivity contribution in [2.24, 2.45) is 0 Å². The van der Waals surface area contributed by atoms with E-state index in [9.17, 15) is 0 Å².